The van der Waals surface area contributed by atoms with Crippen molar-refractivity contribution in [2.45, 2.75) is 12.5 Å². The standard InChI is InChI=1S/C12H16FNO3/c1-12(16,8-17-2)7-14-11(15)9-3-5-10(13)6-4-9/h3-6,16H,7-8H2,1-2H3,(H,14,15). The Balaban J connectivity index is 2.53. The number of amides is 1. The van der Waals surface area contributed by atoms with Crippen LogP contribution in [-0.2, 0) is 4.74 Å². The van der Waals surface area contributed by atoms with Crippen LogP contribution in [-0.4, -0.2) is 36.9 Å². The Kier molecular flexibility index (Phi) is 4.60. The molecule has 0 aliphatic heterocycles. The minimum atomic E-state index is -1.12. The van der Waals surface area contributed by atoms with Crippen molar-refractivity contribution in [3.05, 3.63) is 35.6 Å². The monoisotopic (exact) mass is 241 g/mol. The van der Waals surface area contributed by atoms with Crippen LogP contribution in [0.1, 0.15) is 17.3 Å². The number of aliphatic hydroxyl groups is 1. The second-order valence-electron chi connectivity index (χ2n) is 4.12. The van der Waals surface area contributed by atoms with Crippen LogP contribution >= 0.6 is 0 Å². The van der Waals surface area contributed by atoms with E-state index < -0.39 is 11.4 Å². The Morgan fingerprint density at radius 1 is 1.47 bits per heavy atom. The van der Waals surface area contributed by atoms with E-state index in [0.29, 0.717) is 5.56 Å². The lowest BCUT2D eigenvalue weighted by molar-refractivity contribution is -0.0147. The van der Waals surface area contributed by atoms with Crippen LogP contribution < -0.4 is 5.32 Å². The van der Waals surface area contributed by atoms with Gasteiger partial charge in [0, 0.05) is 19.2 Å². The first kappa shape index (κ1) is 13.6. The van der Waals surface area contributed by atoms with Gasteiger partial charge in [-0.25, -0.2) is 4.39 Å². The first-order valence-electron chi connectivity index (χ1n) is 5.20. The van der Waals surface area contributed by atoms with Gasteiger partial charge in [-0.3, -0.25) is 4.79 Å². The number of rotatable bonds is 5. The van der Waals surface area contributed by atoms with Gasteiger partial charge < -0.3 is 15.2 Å². The number of carbonyl (C=O) groups is 1. The summed E-state index contributed by atoms with van der Waals surface area (Å²) in [5, 5.41) is 12.3. The maximum atomic E-state index is 12.6. The average molecular weight is 241 g/mol. The van der Waals surface area contributed by atoms with Gasteiger partial charge in [-0.1, -0.05) is 0 Å². The molecule has 1 amide bonds. The van der Waals surface area contributed by atoms with E-state index in [4.69, 9.17) is 4.74 Å². The van der Waals surface area contributed by atoms with E-state index in [1.54, 1.807) is 6.92 Å². The summed E-state index contributed by atoms with van der Waals surface area (Å²) in [4.78, 5) is 11.6. The smallest absolute Gasteiger partial charge is 0.251 e. The van der Waals surface area contributed by atoms with Crippen molar-refractivity contribution in [2.24, 2.45) is 0 Å². The molecule has 1 aromatic rings. The van der Waals surface area contributed by atoms with Crippen LogP contribution in [0.4, 0.5) is 4.39 Å². The lowest BCUT2D eigenvalue weighted by atomic mass is 10.1. The van der Waals surface area contributed by atoms with Gasteiger partial charge in [0.05, 0.1) is 6.61 Å². The molecule has 0 bridgehead atoms. The number of hydrogen-bond acceptors (Lipinski definition) is 3. The zero-order valence-corrected chi connectivity index (χ0v) is 9.87. The van der Waals surface area contributed by atoms with Crippen molar-refractivity contribution in [3.8, 4) is 0 Å². The Labute approximate surface area is 99.4 Å². The fraction of sp³-hybridized carbons (Fsp3) is 0.417. The quantitative estimate of drug-likeness (QED) is 0.807. The number of methoxy groups -OCH3 is 1. The van der Waals surface area contributed by atoms with E-state index in [1.807, 2.05) is 0 Å². The van der Waals surface area contributed by atoms with Gasteiger partial charge in [0.1, 0.15) is 11.4 Å². The molecule has 5 heteroatoms. The Hall–Kier alpha value is -1.46. The van der Waals surface area contributed by atoms with Gasteiger partial charge in [0.2, 0.25) is 0 Å². The second-order valence-corrected chi connectivity index (χ2v) is 4.12. The van der Waals surface area contributed by atoms with Gasteiger partial charge in [0.15, 0.2) is 0 Å². The molecular formula is C12H16FNO3. The van der Waals surface area contributed by atoms with Gasteiger partial charge in [0.25, 0.3) is 5.91 Å². The molecule has 94 valence electrons. The zero-order chi connectivity index (χ0) is 12.9. The molecule has 4 nitrogen and oxygen atoms in total. The molecule has 0 saturated carbocycles. The predicted octanol–water partition coefficient (Wildman–Crippen LogP) is 0.953. The Bertz CT molecular complexity index is 376. The molecule has 0 aliphatic carbocycles. The lowest BCUT2D eigenvalue weighted by Crippen LogP contribution is -2.43. The largest absolute Gasteiger partial charge is 0.386 e. The topological polar surface area (TPSA) is 58.6 Å². The third kappa shape index (κ3) is 4.50. The van der Waals surface area contributed by atoms with E-state index in [1.165, 1.54) is 31.4 Å². The first-order chi connectivity index (χ1) is 7.94. The minimum Gasteiger partial charge on any atom is -0.386 e. The van der Waals surface area contributed by atoms with E-state index in [-0.39, 0.29) is 19.1 Å². The number of benzene rings is 1. The molecule has 2 N–H and O–H groups in total. The van der Waals surface area contributed by atoms with E-state index in [0.717, 1.165) is 0 Å². The lowest BCUT2D eigenvalue weighted by Gasteiger charge is -2.22. The van der Waals surface area contributed by atoms with E-state index in [9.17, 15) is 14.3 Å². The van der Waals surface area contributed by atoms with Gasteiger partial charge in [-0.05, 0) is 31.2 Å². The molecule has 0 fully saturated rings. The summed E-state index contributed by atoms with van der Waals surface area (Å²) in [6, 6.07) is 5.19. The van der Waals surface area contributed by atoms with Crippen LogP contribution in [0.25, 0.3) is 0 Å². The fourth-order valence-electron chi connectivity index (χ4n) is 1.34. The molecule has 1 unspecified atom stereocenters. The summed E-state index contributed by atoms with van der Waals surface area (Å²) in [5.41, 5.74) is -0.774. The second kappa shape index (κ2) is 5.75. The molecule has 0 aromatic heterocycles. The molecule has 0 heterocycles. The number of hydrogen-bond donors (Lipinski definition) is 2. The van der Waals surface area contributed by atoms with Crippen molar-refractivity contribution >= 4 is 5.91 Å². The van der Waals surface area contributed by atoms with E-state index >= 15 is 0 Å². The van der Waals surface area contributed by atoms with Crippen molar-refractivity contribution in [2.75, 3.05) is 20.3 Å². The summed E-state index contributed by atoms with van der Waals surface area (Å²) in [6.07, 6.45) is 0. The number of nitrogens with one attached hydrogen (secondary N) is 1. The van der Waals surface area contributed by atoms with Crippen LogP contribution in [0.15, 0.2) is 24.3 Å². The summed E-state index contributed by atoms with van der Waals surface area (Å²) in [5.74, 6) is -0.755. The summed E-state index contributed by atoms with van der Waals surface area (Å²) < 4.78 is 17.4. The maximum Gasteiger partial charge on any atom is 0.251 e. The molecule has 0 spiro atoms. The molecule has 0 radical (unpaired) electrons. The molecule has 1 atom stereocenters. The van der Waals surface area contributed by atoms with Gasteiger partial charge >= 0.3 is 0 Å². The van der Waals surface area contributed by atoms with Crippen LogP contribution in [0.5, 0.6) is 0 Å². The number of ether oxygens (including phenoxy) is 1. The highest BCUT2D eigenvalue weighted by atomic mass is 19.1. The van der Waals surface area contributed by atoms with Crippen molar-refractivity contribution in [1.29, 1.82) is 0 Å². The fourth-order valence-corrected chi connectivity index (χ4v) is 1.34. The zero-order valence-electron chi connectivity index (χ0n) is 9.87. The maximum absolute atomic E-state index is 12.6. The molecule has 1 rings (SSSR count). The van der Waals surface area contributed by atoms with Crippen molar-refractivity contribution in [3.63, 3.8) is 0 Å². The summed E-state index contributed by atoms with van der Waals surface area (Å²) in [6.45, 7) is 1.75. The SMILES string of the molecule is COCC(C)(O)CNC(=O)c1ccc(F)cc1. The number of halogens is 1. The molecule has 0 aliphatic rings. The minimum absolute atomic E-state index is 0.0665. The van der Waals surface area contributed by atoms with E-state index in [2.05, 4.69) is 5.32 Å². The Morgan fingerprint density at radius 3 is 2.59 bits per heavy atom. The molecule has 1 aromatic carbocycles. The third-order valence-corrected chi connectivity index (χ3v) is 2.19. The highest BCUT2D eigenvalue weighted by Crippen LogP contribution is 2.05. The average Bonchev–Trinajstić information content (AvgIpc) is 2.27. The summed E-state index contributed by atoms with van der Waals surface area (Å²) in [7, 11) is 1.47. The third-order valence-electron chi connectivity index (χ3n) is 2.19. The molecular weight excluding hydrogens is 225 g/mol. The highest BCUT2D eigenvalue weighted by Gasteiger charge is 2.21. The van der Waals surface area contributed by atoms with Gasteiger partial charge in [-0.2, -0.15) is 0 Å². The highest BCUT2D eigenvalue weighted by molar-refractivity contribution is 5.94. The van der Waals surface area contributed by atoms with Crippen LogP contribution in [0, 0.1) is 5.82 Å². The van der Waals surface area contributed by atoms with Crippen molar-refractivity contribution in [1.82, 2.24) is 5.32 Å². The summed E-state index contributed by atoms with van der Waals surface area (Å²) >= 11 is 0. The Morgan fingerprint density at radius 2 is 2.06 bits per heavy atom. The predicted molar refractivity (Wildman–Crippen MR) is 61.2 cm³/mol. The van der Waals surface area contributed by atoms with Crippen LogP contribution in [0.2, 0.25) is 0 Å². The molecule has 17 heavy (non-hydrogen) atoms. The van der Waals surface area contributed by atoms with Crippen LogP contribution in [0.3, 0.4) is 0 Å². The first-order valence-corrected chi connectivity index (χ1v) is 5.20. The van der Waals surface area contributed by atoms with Gasteiger partial charge in [-0.15, -0.1) is 0 Å². The number of carbonyl (C=O) groups excluding carboxylic acids is 1. The van der Waals surface area contributed by atoms with Crippen molar-refractivity contribution < 1.29 is 19.0 Å². The molecule has 0 saturated heterocycles. The normalized spacial score (nSPS) is 14.1.